The third kappa shape index (κ3) is 2.63. The van der Waals surface area contributed by atoms with Crippen molar-refractivity contribution in [2.75, 3.05) is 6.61 Å². The van der Waals surface area contributed by atoms with Crippen molar-refractivity contribution in [3.63, 3.8) is 0 Å². The van der Waals surface area contributed by atoms with Crippen LogP contribution in [0.1, 0.15) is 71.1 Å². The summed E-state index contributed by atoms with van der Waals surface area (Å²) in [5.74, 6) is 2.80. The van der Waals surface area contributed by atoms with Gasteiger partial charge < -0.3 is 5.11 Å². The first-order valence-corrected chi connectivity index (χ1v) is 9.67. The van der Waals surface area contributed by atoms with Gasteiger partial charge in [0.1, 0.15) is 0 Å². The van der Waals surface area contributed by atoms with Gasteiger partial charge in [-0.15, -0.1) is 0 Å². The van der Waals surface area contributed by atoms with E-state index in [1.165, 1.54) is 44.1 Å². The van der Waals surface area contributed by atoms with Gasteiger partial charge in [-0.1, -0.05) is 12.5 Å². The van der Waals surface area contributed by atoms with Crippen molar-refractivity contribution < 1.29 is 9.90 Å². The van der Waals surface area contributed by atoms with Crippen molar-refractivity contribution in [3.05, 3.63) is 22.8 Å². The number of aliphatic hydroxyl groups is 1. The van der Waals surface area contributed by atoms with Gasteiger partial charge in [0.25, 0.3) is 0 Å². The molecule has 23 heavy (non-hydrogen) atoms. The summed E-state index contributed by atoms with van der Waals surface area (Å²) in [6.07, 6.45) is 13.6. The maximum Gasteiger partial charge on any atom is 0.156 e. The van der Waals surface area contributed by atoms with Crippen molar-refractivity contribution in [3.8, 4) is 0 Å². The maximum atomic E-state index is 11.7. The molecule has 126 valence electrons. The molecule has 2 fully saturated rings. The second kappa shape index (κ2) is 5.88. The molecule has 1 N–H and O–H groups in total. The Morgan fingerprint density at radius 2 is 2.13 bits per heavy atom. The Morgan fingerprint density at radius 3 is 2.96 bits per heavy atom. The van der Waals surface area contributed by atoms with Gasteiger partial charge in [-0.2, -0.15) is 0 Å². The van der Waals surface area contributed by atoms with E-state index in [2.05, 4.69) is 6.92 Å². The van der Waals surface area contributed by atoms with Crippen LogP contribution in [-0.4, -0.2) is 17.5 Å². The highest BCUT2D eigenvalue weighted by Gasteiger charge is 2.51. The van der Waals surface area contributed by atoms with E-state index in [-0.39, 0.29) is 0 Å². The summed E-state index contributed by atoms with van der Waals surface area (Å²) in [4.78, 5) is 11.7. The van der Waals surface area contributed by atoms with Crippen LogP contribution < -0.4 is 0 Å². The van der Waals surface area contributed by atoms with Gasteiger partial charge in [-0.25, -0.2) is 0 Å². The third-order valence-corrected chi connectivity index (χ3v) is 7.36. The highest BCUT2D eigenvalue weighted by molar-refractivity contribution is 5.93. The van der Waals surface area contributed by atoms with Crippen LogP contribution in [0, 0.1) is 23.2 Å². The number of aliphatic hydroxyl groups excluding tert-OH is 1. The van der Waals surface area contributed by atoms with Gasteiger partial charge >= 0.3 is 0 Å². The van der Waals surface area contributed by atoms with Crippen LogP contribution >= 0.6 is 0 Å². The predicted molar refractivity (Wildman–Crippen MR) is 91.9 cm³/mol. The molecule has 2 heteroatoms. The molecule has 4 aliphatic rings. The topological polar surface area (TPSA) is 37.3 Å². The molecule has 1 unspecified atom stereocenters. The number of carbonyl (C=O) groups is 1. The molecule has 0 saturated heterocycles. The van der Waals surface area contributed by atoms with Crippen molar-refractivity contribution in [1.29, 1.82) is 0 Å². The van der Waals surface area contributed by atoms with E-state index in [4.69, 9.17) is 5.11 Å². The van der Waals surface area contributed by atoms with E-state index in [0.29, 0.717) is 17.8 Å². The molecule has 0 aromatic heterocycles. The van der Waals surface area contributed by atoms with E-state index in [0.717, 1.165) is 43.4 Å². The molecule has 4 atom stereocenters. The average Bonchev–Trinajstić information content (AvgIpc) is 2.89. The van der Waals surface area contributed by atoms with E-state index in [1.807, 2.05) is 6.08 Å². The zero-order chi connectivity index (χ0) is 16.0. The van der Waals surface area contributed by atoms with Gasteiger partial charge in [-0.05, 0) is 98.2 Å². The van der Waals surface area contributed by atoms with Crippen LogP contribution in [-0.2, 0) is 4.79 Å². The third-order valence-electron chi connectivity index (χ3n) is 7.36. The van der Waals surface area contributed by atoms with E-state index in [1.54, 1.807) is 11.1 Å². The Labute approximate surface area is 140 Å². The summed E-state index contributed by atoms with van der Waals surface area (Å²) in [6.45, 7) is 2.88. The molecule has 0 aromatic rings. The number of fused-ring (bicyclic) bond motifs is 4. The number of carbonyl (C=O) groups excluding carboxylic acids is 1. The zero-order valence-corrected chi connectivity index (χ0v) is 14.4. The molecule has 4 aliphatic carbocycles. The minimum atomic E-state index is 0.341. The molecule has 0 radical (unpaired) electrons. The van der Waals surface area contributed by atoms with Crippen LogP contribution in [0.15, 0.2) is 22.8 Å². The quantitative estimate of drug-likeness (QED) is 0.828. The Bertz CT molecular complexity index is 570. The van der Waals surface area contributed by atoms with E-state index < -0.39 is 0 Å². The first kappa shape index (κ1) is 15.6. The van der Waals surface area contributed by atoms with Crippen LogP contribution in [0.5, 0.6) is 0 Å². The molecule has 0 aromatic carbocycles. The largest absolute Gasteiger partial charge is 0.396 e. The number of rotatable bonds is 3. The van der Waals surface area contributed by atoms with Gasteiger partial charge in [0, 0.05) is 13.0 Å². The lowest BCUT2D eigenvalue weighted by molar-refractivity contribution is -0.114. The highest BCUT2D eigenvalue weighted by atomic mass is 16.2. The second-order valence-corrected chi connectivity index (χ2v) is 8.72. The van der Waals surface area contributed by atoms with Crippen molar-refractivity contribution in [2.24, 2.45) is 23.2 Å². The molecule has 4 rings (SSSR count). The highest BCUT2D eigenvalue weighted by Crippen LogP contribution is 2.61. The molecule has 0 heterocycles. The van der Waals surface area contributed by atoms with Crippen molar-refractivity contribution >= 4 is 5.78 Å². The summed E-state index contributed by atoms with van der Waals surface area (Å²) in [5.41, 5.74) is 5.23. The lowest BCUT2D eigenvalue weighted by atomic mass is 9.58. The lowest BCUT2D eigenvalue weighted by Gasteiger charge is -2.47. The Balaban J connectivity index is 1.60. The first-order chi connectivity index (χ1) is 11.1. The van der Waals surface area contributed by atoms with Gasteiger partial charge in [-0.3, -0.25) is 4.79 Å². The summed E-state index contributed by atoms with van der Waals surface area (Å²) in [7, 11) is 0. The SMILES string of the molecule is C[C@@]12CCC3=C4CCC(=O)C=C4CC[C@H]3[C@@H]1CC(CCCO)C2. The lowest BCUT2D eigenvalue weighted by Crippen LogP contribution is -2.36. The van der Waals surface area contributed by atoms with Crippen LogP contribution in [0.4, 0.5) is 0 Å². The summed E-state index contributed by atoms with van der Waals surface area (Å²) in [6, 6.07) is 0. The van der Waals surface area contributed by atoms with Crippen molar-refractivity contribution in [1.82, 2.24) is 0 Å². The average molecular weight is 314 g/mol. The molecular formula is C21H30O2. The number of allylic oxidation sites excluding steroid dienone is 4. The van der Waals surface area contributed by atoms with E-state index in [9.17, 15) is 4.79 Å². The Kier molecular flexibility index (Phi) is 3.99. The molecule has 0 aliphatic heterocycles. The molecule has 2 nitrogen and oxygen atoms in total. The fourth-order valence-corrected chi connectivity index (χ4v) is 6.34. The first-order valence-electron chi connectivity index (χ1n) is 9.67. The Morgan fingerprint density at radius 1 is 1.26 bits per heavy atom. The standard InChI is InChI=1S/C21H30O2/c1-21-9-8-18-17-7-5-16(23)12-15(17)4-6-19(18)20(21)11-14(13-21)3-2-10-22/h12,14,19-20,22H,2-11,13H2,1H3/t14?,19-,20+,21+/m1/s1. The summed E-state index contributed by atoms with van der Waals surface area (Å²) >= 11 is 0. The van der Waals surface area contributed by atoms with Gasteiger partial charge in [0.2, 0.25) is 0 Å². The maximum absolute atomic E-state index is 11.7. The summed E-state index contributed by atoms with van der Waals surface area (Å²) < 4.78 is 0. The normalized spacial score (nSPS) is 39.7. The number of hydrogen-bond acceptors (Lipinski definition) is 2. The predicted octanol–water partition coefficient (Wildman–Crippen LogP) is 4.58. The summed E-state index contributed by atoms with van der Waals surface area (Å²) in [5, 5.41) is 9.15. The van der Waals surface area contributed by atoms with Crippen LogP contribution in [0.2, 0.25) is 0 Å². The minimum Gasteiger partial charge on any atom is -0.396 e. The number of ketones is 1. The molecule has 0 bridgehead atoms. The second-order valence-electron chi connectivity index (χ2n) is 8.72. The smallest absolute Gasteiger partial charge is 0.156 e. The monoisotopic (exact) mass is 314 g/mol. The fraction of sp³-hybridized carbons (Fsp3) is 0.762. The van der Waals surface area contributed by atoms with Crippen LogP contribution in [0.25, 0.3) is 0 Å². The van der Waals surface area contributed by atoms with Crippen molar-refractivity contribution in [2.45, 2.75) is 71.1 Å². The number of hydrogen-bond donors (Lipinski definition) is 1. The van der Waals surface area contributed by atoms with Crippen LogP contribution in [0.3, 0.4) is 0 Å². The van der Waals surface area contributed by atoms with Gasteiger partial charge in [0.15, 0.2) is 5.78 Å². The van der Waals surface area contributed by atoms with E-state index >= 15 is 0 Å². The molecule has 2 saturated carbocycles. The fourth-order valence-electron chi connectivity index (χ4n) is 6.34. The molecular weight excluding hydrogens is 284 g/mol. The Hall–Kier alpha value is -0.890. The molecule has 0 spiro atoms. The van der Waals surface area contributed by atoms with Gasteiger partial charge in [0.05, 0.1) is 0 Å². The molecule has 0 amide bonds. The zero-order valence-electron chi connectivity index (χ0n) is 14.4. The minimum absolute atomic E-state index is 0.341.